The lowest BCUT2D eigenvalue weighted by atomic mass is 10.2. The summed E-state index contributed by atoms with van der Waals surface area (Å²) in [5.41, 5.74) is 1.21. The Hall–Kier alpha value is -1.83. The van der Waals surface area contributed by atoms with Gasteiger partial charge in [0, 0.05) is 6.20 Å². The lowest BCUT2D eigenvalue weighted by Crippen LogP contribution is -2.09. The second-order valence-corrected chi connectivity index (χ2v) is 2.99. The van der Waals surface area contributed by atoms with Crippen molar-refractivity contribution in [3.8, 4) is 0 Å². The second kappa shape index (κ2) is 4.42. The first-order chi connectivity index (χ1) is 6.95. The number of aliphatic imine (C=N–C) groups is 1. The maximum Gasteiger partial charge on any atom is 0.147 e. The van der Waals surface area contributed by atoms with Gasteiger partial charge in [-0.25, -0.2) is 5.32 Å². The van der Waals surface area contributed by atoms with Crippen LogP contribution in [0, 0.1) is 0 Å². The first-order valence-electron chi connectivity index (χ1n) is 4.57. The number of benzene rings is 1. The van der Waals surface area contributed by atoms with E-state index in [1.807, 2.05) is 36.4 Å². The largest absolute Gasteiger partial charge is 0.262 e. The molecule has 0 bridgehead atoms. The molecule has 1 heterocycles. The van der Waals surface area contributed by atoms with Crippen molar-refractivity contribution in [3.05, 3.63) is 60.3 Å². The fraction of sp³-hybridized carbons (Fsp3) is 0.0833. The Kier molecular flexibility index (Phi) is 2.76. The molecule has 2 heteroatoms. The molecule has 1 radical (unpaired) electrons. The van der Waals surface area contributed by atoms with Gasteiger partial charge in [0.1, 0.15) is 5.84 Å². The van der Waals surface area contributed by atoms with Crippen LogP contribution in [0.4, 0.5) is 0 Å². The summed E-state index contributed by atoms with van der Waals surface area (Å²) < 4.78 is 0. The van der Waals surface area contributed by atoms with Crippen LogP contribution in [0.15, 0.2) is 59.8 Å². The summed E-state index contributed by atoms with van der Waals surface area (Å²) in [6, 6.07) is 10.2. The summed E-state index contributed by atoms with van der Waals surface area (Å²) in [6.45, 7) is 0.692. The maximum absolute atomic E-state index is 4.37. The van der Waals surface area contributed by atoms with E-state index in [0.717, 1.165) is 5.84 Å². The zero-order valence-corrected chi connectivity index (χ0v) is 7.80. The number of hydrogen-bond donors (Lipinski definition) is 0. The summed E-state index contributed by atoms with van der Waals surface area (Å²) in [5.74, 6) is 0.788. The molecule has 0 N–H and O–H groups in total. The lowest BCUT2D eigenvalue weighted by molar-refractivity contribution is 1.04. The minimum atomic E-state index is 0.692. The second-order valence-electron chi connectivity index (χ2n) is 2.99. The van der Waals surface area contributed by atoms with E-state index in [1.165, 1.54) is 5.56 Å². The molecule has 1 aliphatic heterocycles. The zero-order chi connectivity index (χ0) is 9.64. The molecule has 1 aromatic rings. The Balaban J connectivity index is 2.00. The molecule has 0 saturated heterocycles. The Morgan fingerprint density at radius 3 is 2.64 bits per heavy atom. The molecule has 0 aliphatic carbocycles. The highest BCUT2D eigenvalue weighted by Gasteiger charge is 1.95. The van der Waals surface area contributed by atoms with Gasteiger partial charge in [-0.3, -0.25) is 4.99 Å². The quantitative estimate of drug-likeness (QED) is 0.672. The van der Waals surface area contributed by atoms with Crippen LogP contribution in [0.1, 0.15) is 5.56 Å². The number of hydrogen-bond acceptors (Lipinski definition) is 1. The van der Waals surface area contributed by atoms with Gasteiger partial charge in [0.05, 0.1) is 6.54 Å². The van der Waals surface area contributed by atoms with Crippen molar-refractivity contribution < 1.29 is 0 Å². The van der Waals surface area contributed by atoms with Gasteiger partial charge >= 0.3 is 0 Å². The lowest BCUT2D eigenvalue weighted by Gasteiger charge is -2.01. The van der Waals surface area contributed by atoms with Crippen LogP contribution in [0.3, 0.4) is 0 Å². The number of amidine groups is 1. The smallest absolute Gasteiger partial charge is 0.147 e. The Bertz CT molecular complexity index is 375. The van der Waals surface area contributed by atoms with Crippen LogP contribution in [-0.2, 0) is 6.54 Å². The van der Waals surface area contributed by atoms with Crippen LogP contribution in [-0.4, -0.2) is 5.84 Å². The van der Waals surface area contributed by atoms with Gasteiger partial charge in [-0.05, 0) is 17.7 Å². The van der Waals surface area contributed by atoms with Crippen LogP contribution in [0.5, 0.6) is 0 Å². The minimum absolute atomic E-state index is 0.692. The summed E-state index contributed by atoms with van der Waals surface area (Å²) in [6.07, 6.45) is 7.49. The molecule has 0 amide bonds. The van der Waals surface area contributed by atoms with Crippen LogP contribution < -0.4 is 5.32 Å². The van der Waals surface area contributed by atoms with Gasteiger partial charge in [-0.2, -0.15) is 0 Å². The van der Waals surface area contributed by atoms with Gasteiger partial charge in [-0.15, -0.1) is 0 Å². The molecule has 0 saturated carbocycles. The highest BCUT2D eigenvalue weighted by Crippen LogP contribution is 2.01. The van der Waals surface area contributed by atoms with Crippen molar-refractivity contribution in [1.82, 2.24) is 5.32 Å². The van der Waals surface area contributed by atoms with Crippen LogP contribution >= 0.6 is 0 Å². The molecular weight excluding hydrogens is 172 g/mol. The van der Waals surface area contributed by atoms with Crippen molar-refractivity contribution in [3.63, 3.8) is 0 Å². The van der Waals surface area contributed by atoms with Gasteiger partial charge in [-0.1, -0.05) is 36.4 Å². The summed E-state index contributed by atoms with van der Waals surface area (Å²) in [5, 5.41) is 4.13. The molecule has 0 atom stereocenters. The van der Waals surface area contributed by atoms with Gasteiger partial charge < -0.3 is 0 Å². The van der Waals surface area contributed by atoms with E-state index in [4.69, 9.17) is 0 Å². The van der Waals surface area contributed by atoms with Crippen LogP contribution in [0.2, 0.25) is 0 Å². The fourth-order valence-corrected chi connectivity index (χ4v) is 1.20. The highest BCUT2D eigenvalue weighted by molar-refractivity contribution is 5.94. The predicted molar refractivity (Wildman–Crippen MR) is 58.0 cm³/mol. The van der Waals surface area contributed by atoms with E-state index in [2.05, 4.69) is 22.4 Å². The third kappa shape index (κ3) is 2.33. The van der Waals surface area contributed by atoms with E-state index in [9.17, 15) is 0 Å². The van der Waals surface area contributed by atoms with Crippen LogP contribution in [0.25, 0.3) is 0 Å². The molecule has 1 aliphatic rings. The van der Waals surface area contributed by atoms with Crippen molar-refractivity contribution in [1.29, 1.82) is 0 Å². The monoisotopic (exact) mass is 183 g/mol. The van der Waals surface area contributed by atoms with E-state index >= 15 is 0 Å². The van der Waals surface area contributed by atoms with E-state index in [1.54, 1.807) is 6.20 Å². The fourth-order valence-electron chi connectivity index (χ4n) is 1.20. The predicted octanol–water partition coefficient (Wildman–Crippen LogP) is 2.27. The van der Waals surface area contributed by atoms with E-state index in [-0.39, 0.29) is 0 Å². The standard InChI is InChI=1S/C12H11N2/c1-2-6-11(7-3-1)10-14-12-8-4-5-9-13-12/h1-9H,10H2/b14-12+. The molecule has 2 rings (SSSR count). The first kappa shape index (κ1) is 8.75. The van der Waals surface area contributed by atoms with E-state index < -0.39 is 0 Å². The van der Waals surface area contributed by atoms with Crippen molar-refractivity contribution in [2.45, 2.75) is 6.54 Å². The summed E-state index contributed by atoms with van der Waals surface area (Å²) in [7, 11) is 0. The maximum atomic E-state index is 4.37. The van der Waals surface area contributed by atoms with Crippen molar-refractivity contribution in [2.75, 3.05) is 0 Å². The molecule has 69 valence electrons. The average molecular weight is 183 g/mol. The van der Waals surface area contributed by atoms with Crippen molar-refractivity contribution >= 4 is 5.84 Å². The Labute approximate surface area is 83.7 Å². The molecular formula is C12H11N2. The van der Waals surface area contributed by atoms with Gasteiger partial charge in [0.2, 0.25) is 0 Å². The highest BCUT2D eigenvalue weighted by atomic mass is 15.0. The molecule has 2 nitrogen and oxygen atoms in total. The molecule has 1 aromatic carbocycles. The van der Waals surface area contributed by atoms with Gasteiger partial charge in [0.15, 0.2) is 0 Å². The SMILES string of the molecule is C1=C[N]/C(=N/Cc2ccccc2)C=C1. The first-order valence-corrected chi connectivity index (χ1v) is 4.57. The molecule has 0 spiro atoms. The zero-order valence-electron chi connectivity index (χ0n) is 7.80. The third-order valence-electron chi connectivity index (χ3n) is 1.92. The molecule has 0 unspecified atom stereocenters. The van der Waals surface area contributed by atoms with Gasteiger partial charge in [0.25, 0.3) is 0 Å². The number of allylic oxidation sites excluding steroid dienone is 2. The van der Waals surface area contributed by atoms with E-state index in [0.29, 0.717) is 6.54 Å². The number of rotatable bonds is 2. The summed E-state index contributed by atoms with van der Waals surface area (Å²) in [4.78, 5) is 4.37. The third-order valence-corrected chi connectivity index (χ3v) is 1.92. The molecule has 14 heavy (non-hydrogen) atoms. The summed E-state index contributed by atoms with van der Waals surface area (Å²) >= 11 is 0. The molecule has 0 aromatic heterocycles. The number of nitrogens with zero attached hydrogens (tertiary/aromatic N) is 2. The molecule has 0 fully saturated rings. The average Bonchev–Trinajstić information content (AvgIpc) is 2.29. The Morgan fingerprint density at radius 2 is 1.93 bits per heavy atom. The topological polar surface area (TPSA) is 26.5 Å². The van der Waals surface area contributed by atoms with Crippen molar-refractivity contribution in [2.24, 2.45) is 4.99 Å². The minimum Gasteiger partial charge on any atom is -0.262 e. The normalized spacial score (nSPS) is 17.0. The Morgan fingerprint density at radius 1 is 1.07 bits per heavy atom.